The number of hydrazine groups is 1. The van der Waals surface area contributed by atoms with Crippen LogP contribution in [0.25, 0.3) is 0 Å². The Kier molecular flexibility index (Phi) is 3.40. The van der Waals surface area contributed by atoms with Crippen LogP contribution in [0.4, 0.5) is 17.6 Å². The fourth-order valence-corrected chi connectivity index (χ4v) is 1.02. The Morgan fingerprint density at radius 1 is 1.50 bits per heavy atom. The molecular formula is C11H12F4N2O. The maximum absolute atomic E-state index is 13.6. The van der Waals surface area contributed by atoms with Gasteiger partial charge in [-0.15, -0.1) is 0 Å². The maximum atomic E-state index is 13.6. The molecule has 0 spiro atoms. The molecule has 0 saturated carbocycles. The van der Waals surface area contributed by atoms with Gasteiger partial charge in [0, 0.05) is 28.8 Å². The zero-order chi connectivity index (χ0) is 15.7. The zero-order valence-electron chi connectivity index (χ0n) is 11.6. The molecule has 0 unspecified atom stereocenters. The molecule has 0 saturated heterocycles. The number of alkyl halides is 3. The summed E-state index contributed by atoms with van der Waals surface area (Å²) in [5.41, 5.74) is 0.227. The van der Waals surface area contributed by atoms with Crippen molar-refractivity contribution in [1.29, 1.82) is 0 Å². The van der Waals surface area contributed by atoms with E-state index in [0.717, 1.165) is 11.9 Å². The molecule has 7 heteroatoms. The van der Waals surface area contributed by atoms with Crippen molar-refractivity contribution >= 4 is 5.91 Å². The molecule has 100 valence electrons. The summed E-state index contributed by atoms with van der Waals surface area (Å²) in [6.45, 7) is -1.39. The molecule has 18 heavy (non-hydrogen) atoms. The summed E-state index contributed by atoms with van der Waals surface area (Å²) in [7, 11) is 1.21. The van der Waals surface area contributed by atoms with E-state index in [1.807, 2.05) is 0 Å². The van der Waals surface area contributed by atoms with Gasteiger partial charge in [-0.3, -0.25) is 9.80 Å². The summed E-state index contributed by atoms with van der Waals surface area (Å²) in [6.07, 6.45) is -4.71. The maximum Gasteiger partial charge on any atom is 0.416 e. The van der Waals surface area contributed by atoms with E-state index in [-0.39, 0.29) is 6.07 Å². The molecule has 1 amide bonds. The van der Waals surface area contributed by atoms with E-state index in [2.05, 4.69) is 5.43 Å². The highest BCUT2D eigenvalue weighted by Crippen LogP contribution is 2.30. The lowest BCUT2D eigenvalue weighted by molar-refractivity contribution is -0.137. The normalized spacial score (nSPS) is 13.9. The molecule has 0 aliphatic carbocycles. The van der Waals surface area contributed by atoms with Crippen LogP contribution in [0.3, 0.4) is 0 Å². The molecule has 0 aromatic heterocycles. The van der Waals surface area contributed by atoms with Crippen molar-refractivity contribution in [3.05, 3.63) is 35.1 Å². The lowest BCUT2D eigenvalue weighted by atomic mass is 10.1. The van der Waals surface area contributed by atoms with Gasteiger partial charge < -0.3 is 0 Å². The van der Waals surface area contributed by atoms with Crippen molar-refractivity contribution in [3.8, 4) is 0 Å². The van der Waals surface area contributed by atoms with Crippen LogP contribution in [0.15, 0.2) is 18.2 Å². The van der Waals surface area contributed by atoms with Crippen molar-refractivity contribution in [2.45, 2.75) is 19.6 Å². The number of nitrogens with one attached hydrogen (secondary N) is 1. The first-order chi connectivity index (χ1) is 8.95. The van der Waals surface area contributed by atoms with E-state index >= 15 is 0 Å². The van der Waals surface area contributed by atoms with Gasteiger partial charge in [-0.05, 0) is 12.1 Å². The Hall–Kier alpha value is -1.63. The molecule has 3 nitrogen and oxygen atoms in total. The quantitative estimate of drug-likeness (QED) is 0.672. The molecule has 0 aliphatic heterocycles. The Morgan fingerprint density at radius 2 is 2.11 bits per heavy atom. The van der Waals surface area contributed by atoms with Gasteiger partial charge in [0.15, 0.2) is 0 Å². The van der Waals surface area contributed by atoms with Gasteiger partial charge in [-0.1, -0.05) is 6.07 Å². The van der Waals surface area contributed by atoms with Crippen molar-refractivity contribution < 1.29 is 25.1 Å². The summed E-state index contributed by atoms with van der Waals surface area (Å²) in [4.78, 5) is 11.0. The van der Waals surface area contributed by atoms with Gasteiger partial charge in [-0.2, -0.15) is 13.2 Å². The van der Waals surface area contributed by atoms with Crippen LogP contribution >= 0.6 is 0 Å². The van der Waals surface area contributed by atoms with E-state index in [1.165, 1.54) is 7.05 Å². The summed E-state index contributed by atoms with van der Waals surface area (Å²) < 4.78 is 66.0. The summed E-state index contributed by atoms with van der Waals surface area (Å²) in [6, 6.07) is 1.48. The Labute approximate surface area is 104 Å². The summed E-state index contributed by atoms with van der Waals surface area (Å²) in [5.74, 6) is -1.89. The van der Waals surface area contributed by atoms with Crippen LogP contribution in [0.5, 0.6) is 0 Å². The van der Waals surface area contributed by atoms with Crippen LogP contribution in [0.2, 0.25) is 0 Å². The molecule has 0 radical (unpaired) electrons. The number of rotatable bonds is 3. The predicted molar refractivity (Wildman–Crippen MR) is 56.7 cm³/mol. The second-order valence-electron chi connectivity index (χ2n) is 3.51. The number of hydrogen-bond acceptors (Lipinski definition) is 2. The largest absolute Gasteiger partial charge is 0.416 e. The van der Waals surface area contributed by atoms with Crippen LogP contribution < -0.4 is 5.43 Å². The third-order valence-corrected chi connectivity index (χ3v) is 2.13. The van der Waals surface area contributed by atoms with Gasteiger partial charge in [0.2, 0.25) is 5.91 Å². The molecule has 1 aromatic rings. The van der Waals surface area contributed by atoms with Gasteiger partial charge in [0.1, 0.15) is 5.82 Å². The van der Waals surface area contributed by atoms with Crippen LogP contribution in [0, 0.1) is 5.82 Å². The topological polar surface area (TPSA) is 32.3 Å². The lowest BCUT2D eigenvalue weighted by Crippen LogP contribution is -2.37. The highest BCUT2D eigenvalue weighted by atomic mass is 19.4. The highest BCUT2D eigenvalue weighted by molar-refractivity contribution is 5.72. The van der Waals surface area contributed by atoms with Gasteiger partial charge in [0.25, 0.3) is 0 Å². The average Bonchev–Trinajstić information content (AvgIpc) is 2.26. The minimum absolute atomic E-state index is 0.211. The van der Waals surface area contributed by atoms with Crippen molar-refractivity contribution in [1.82, 2.24) is 10.4 Å². The predicted octanol–water partition coefficient (Wildman–Crippen LogP) is 2.33. The van der Waals surface area contributed by atoms with E-state index in [0.29, 0.717) is 12.1 Å². The van der Waals surface area contributed by atoms with Crippen LogP contribution in [-0.2, 0) is 17.5 Å². The Bertz CT molecular complexity index is 520. The SMILES string of the molecule is [2H]C([2H])(NN(C)C(C)=O)c1ccc(C(F)(F)F)cc1F. The standard InChI is InChI=1S/C11H12F4N2O/c1-7(18)17(2)16-6-8-3-4-9(5-10(8)12)11(13,14)15/h3-5,16H,6H2,1-2H3/i6D2. The highest BCUT2D eigenvalue weighted by Gasteiger charge is 2.31. The van der Waals surface area contributed by atoms with E-state index in [9.17, 15) is 22.4 Å². The van der Waals surface area contributed by atoms with Crippen molar-refractivity contribution in [2.24, 2.45) is 0 Å². The number of nitrogens with zero attached hydrogens (tertiary/aromatic N) is 1. The fraction of sp³-hybridized carbons (Fsp3) is 0.364. The number of carbonyl (C=O) groups is 1. The number of hydrogen-bond donors (Lipinski definition) is 1. The molecule has 1 N–H and O–H groups in total. The second kappa shape index (κ2) is 5.34. The zero-order valence-corrected chi connectivity index (χ0v) is 9.60. The number of amides is 1. The lowest BCUT2D eigenvalue weighted by Gasteiger charge is -2.17. The van der Waals surface area contributed by atoms with E-state index < -0.39 is 35.5 Å². The third kappa shape index (κ3) is 3.69. The second-order valence-corrected chi connectivity index (χ2v) is 3.51. The molecule has 0 heterocycles. The van der Waals surface area contributed by atoms with E-state index in [1.54, 1.807) is 0 Å². The van der Waals surface area contributed by atoms with Gasteiger partial charge in [0.05, 0.1) is 5.56 Å². The van der Waals surface area contributed by atoms with Crippen LogP contribution in [-0.4, -0.2) is 18.0 Å². The minimum Gasteiger partial charge on any atom is -0.281 e. The third-order valence-electron chi connectivity index (χ3n) is 2.13. The van der Waals surface area contributed by atoms with Crippen LogP contribution in [0.1, 0.15) is 20.8 Å². The Balaban J connectivity index is 3.10. The Morgan fingerprint density at radius 3 is 2.56 bits per heavy atom. The molecule has 0 aliphatic rings. The van der Waals surface area contributed by atoms with Crippen molar-refractivity contribution in [3.63, 3.8) is 0 Å². The molecule has 0 fully saturated rings. The smallest absolute Gasteiger partial charge is 0.281 e. The number of halogens is 4. The first-order valence-corrected chi connectivity index (χ1v) is 4.84. The number of benzene rings is 1. The first-order valence-electron chi connectivity index (χ1n) is 5.84. The van der Waals surface area contributed by atoms with Gasteiger partial charge >= 0.3 is 6.18 Å². The monoisotopic (exact) mass is 266 g/mol. The molecule has 0 atom stereocenters. The van der Waals surface area contributed by atoms with E-state index in [4.69, 9.17) is 2.74 Å². The number of carbonyl (C=O) groups excluding carboxylic acids is 1. The molecule has 0 bridgehead atoms. The summed E-state index contributed by atoms with van der Waals surface area (Å²) >= 11 is 0. The molecule has 1 aromatic carbocycles. The average molecular weight is 266 g/mol. The molecule has 1 rings (SSSR count). The summed E-state index contributed by atoms with van der Waals surface area (Å²) in [5, 5.41) is 0.775. The molecular weight excluding hydrogens is 252 g/mol. The van der Waals surface area contributed by atoms with Gasteiger partial charge in [-0.25, -0.2) is 9.82 Å². The first kappa shape index (κ1) is 11.5. The van der Waals surface area contributed by atoms with Crippen molar-refractivity contribution in [2.75, 3.05) is 7.05 Å². The minimum atomic E-state index is -4.71. The fourth-order valence-electron chi connectivity index (χ4n) is 1.02.